The van der Waals surface area contributed by atoms with E-state index in [1.54, 1.807) is 0 Å². The van der Waals surface area contributed by atoms with Gasteiger partial charge in [0.05, 0.1) is 7.85 Å². The van der Waals surface area contributed by atoms with Crippen LogP contribution in [0.15, 0.2) is 0 Å². The summed E-state index contributed by atoms with van der Waals surface area (Å²) in [7, 11) is 5.17. The second-order valence-electron chi connectivity index (χ2n) is 1.30. The van der Waals surface area contributed by atoms with Gasteiger partial charge >= 0.3 is 0 Å². The monoisotopic (exact) mass is 138 g/mol. The first kappa shape index (κ1) is 15.7. The van der Waals surface area contributed by atoms with Gasteiger partial charge in [-0.25, -0.2) is 0 Å². The van der Waals surface area contributed by atoms with Gasteiger partial charge in [0, 0.05) is 0 Å². The molecule has 1 atom stereocenters. The molecule has 8 heavy (non-hydrogen) atoms. The fraction of sp³-hybridized carbons (Fsp3) is 1.00. The van der Waals surface area contributed by atoms with Crippen LogP contribution in [0.1, 0.15) is 19.8 Å². The van der Waals surface area contributed by atoms with Crippen molar-refractivity contribution in [1.82, 2.24) is 0 Å². The summed E-state index contributed by atoms with van der Waals surface area (Å²) in [5.74, 6) is 0. The topological polar surface area (TPSA) is 63.0 Å². The Morgan fingerprint density at radius 1 is 1.50 bits per heavy atom. The van der Waals surface area contributed by atoms with Crippen molar-refractivity contribution in [3.63, 3.8) is 0 Å². The zero-order chi connectivity index (χ0) is 4.99. The molecule has 0 bridgehead atoms. The summed E-state index contributed by atoms with van der Waals surface area (Å²) in [6.45, 7) is 2.06. The number of rotatable bonds is 2. The Morgan fingerprint density at radius 3 is 1.88 bits per heavy atom. The standard InChI is InChI=1S/C4H8BCl.2H2O/c1-2-3-4(5)6;;/h4H,2-3H2,1H3;2*1H2. The van der Waals surface area contributed by atoms with Crippen LogP contribution >= 0.6 is 11.6 Å². The Hall–Kier alpha value is 0.275. The normalized spacial score (nSPS) is 10.8. The molecular formula is C4H12BClO2. The van der Waals surface area contributed by atoms with Crippen LogP contribution in [0.4, 0.5) is 0 Å². The second kappa shape index (κ2) is 10.3. The average molecular weight is 138 g/mol. The van der Waals surface area contributed by atoms with Crippen molar-refractivity contribution in [2.75, 3.05) is 0 Å². The minimum absolute atomic E-state index is 0. The molecule has 2 radical (unpaired) electrons. The predicted molar refractivity (Wildman–Crippen MR) is 37.5 cm³/mol. The lowest BCUT2D eigenvalue weighted by Crippen LogP contribution is -1.93. The molecule has 0 aromatic rings. The SMILES string of the molecule is O.O.[B]C(Cl)CCC. The minimum atomic E-state index is -0.130. The van der Waals surface area contributed by atoms with Gasteiger partial charge in [0.25, 0.3) is 0 Å². The molecule has 4 N–H and O–H groups in total. The van der Waals surface area contributed by atoms with Crippen molar-refractivity contribution in [1.29, 1.82) is 0 Å². The van der Waals surface area contributed by atoms with Crippen LogP contribution in [0, 0.1) is 0 Å². The lowest BCUT2D eigenvalue weighted by molar-refractivity contribution is 0.823. The summed E-state index contributed by atoms with van der Waals surface area (Å²) in [6, 6.07) is 0. The van der Waals surface area contributed by atoms with Crippen molar-refractivity contribution in [2.24, 2.45) is 0 Å². The molecule has 0 amide bonds. The quantitative estimate of drug-likeness (QED) is 0.377. The molecule has 0 aliphatic rings. The molecule has 2 nitrogen and oxygen atoms in total. The van der Waals surface area contributed by atoms with E-state index in [2.05, 4.69) is 6.92 Å². The highest BCUT2D eigenvalue weighted by molar-refractivity contribution is 6.40. The highest BCUT2D eigenvalue weighted by Gasteiger charge is 1.88. The highest BCUT2D eigenvalue weighted by Crippen LogP contribution is 1.97. The Labute approximate surface area is 56.3 Å². The molecule has 0 heterocycles. The second-order valence-corrected chi connectivity index (χ2v) is 1.87. The molecule has 50 valence electrons. The molecule has 0 spiro atoms. The fourth-order valence-corrected chi connectivity index (χ4v) is 0.494. The third-order valence-corrected chi connectivity index (χ3v) is 0.783. The number of hydrogen-bond acceptors (Lipinski definition) is 0. The van der Waals surface area contributed by atoms with Crippen molar-refractivity contribution in [2.45, 2.75) is 25.0 Å². The number of hydrogen-bond donors (Lipinski definition) is 0. The van der Waals surface area contributed by atoms with E-state index in [0.29, 0.717) is 0 Å². The Balaban J connectivity index is -0.000000125. The molecule has 0 aromatic carbocycles. The van der Waals surface area contributed by atoms with E-state index in [1.807, 2.05) is 0 Å². The van der Waals surface area contributed by atoms with Crippen LogP contribution in [0.3, 0.4) is 0 Å². The lowest BCUT2D eigenvalue weighted by atomic mass is 10.0. The zero-order valence-corrected chi connectivity index (χ0v) is 5.70. The van der Waals surface area contributed by atoms with Gasteiger partial charge in [-0.3, -0.25) is 0 Å². The van der Waals surface area contributed by atoms with Gasteiger partial charge in [0.2, 0.25) is 0 Å². The van der Waals surface area contributed by atoms with Gasteiger partial charge in [0.1, 0.15) is 0 Å². The smallest absolute Gasteiger partial charge is 0.0917 e. The average Bonchev–Trinajstić information content (AvgIpc) is 1.35. The third kappa shape index (κ3) is 16.3. The summed E-state index contributed by atoms with van der Waals surface area (Å²) < 4.78 is 0. The molecule has 0 saturated heterocycles. The molecular weight excluding hydrogens is 126 g/mol. The first-order chi connectivity index (χ1) is 2.77. The van der Waals surface area contributed by atoms with Crippen molar-refractivity contribution in [3.8, 4) is 0 Å². The predicted octanol–water partition coefficient (Wildman–Crippen LogP) is -0.130. The Bertz CT molecular complexity index is 35.2. The van der Waals surface area contributed by atoms with Crippen LogP contribution in [0.2, 0.25) is 0 Å². The molecule has 1 unspecified atom stereocenters. The molecule has 4 heteroatoms. The van der Waals surface area contributed by atoms with E-state index >= 15 is 0 Å². The van der Waals surface area contributed by atoms with Crippen molar-refractivity contribution < 1.29 is 11.0 Å². The van der Waals surface area contributed by atoms with E-state index < -0.39 is 0 Å². The fourth-order valence-electron chi connectivity index (χ4n) is 0.276. The van der Waals surface area contributed by atoms with Gasteiger partial charge in [-0.1, -0.05) is 13.3 Å². The summed E-state index contributed by atoms with van der Waals surface area (Å²) in [5.41, 5.74) is 0. The Kier molecular flexibility index (Phi) is 20.3. The lowest BCUT2D eigenvalue weighted by Gasteiger charge is -1.93. The first-order valence-electron chi connectivity index (χ1n) is 2.17. The van der Waals surface area contributed by atoms with Crippen LogP contribution < -0.4 is 0 Å². The Morgan fingerprint density at radius 2 is 1.88 bits per heavy atom. The maximum atomic E-state index is 5.36. The van der Waals surface area contributed by atoms with Crippen LogP contribution in [-0.4, -0.2) is 24.1 Å². The first-order valence-corrected chi connectivity index (χ1v) is 2.60. The van der Waals surface area contributed by atoms with Crippen LogP contribution in [-0.2, 0) is 0 Å². The van der Waals surface area contributed by atoms with E-state index in [0.717, 1.165) is 12.8 Å². The van der Waals surface area contributed by atoms with Gasteiger partial charge in [-0.05, 0) is 11.7 Å². The summed E-state index contributed by atoms with van der Waals surface area (Å²) in [6.07, 6.45) is 1.99. The molecule has 0 aliphatic heterocycles. The van der Waals surface area contributed by atoms with Gasteiger partial charge in [-0.15, -0.1) is 11.6 Å². The van der Waals surface area contributed by atoms with Crippen LogP contribution in [0.5, 0.6) is 0 Å². The minimum Gasteiger partial charge on any atom is -0.412 e. The maximum Gasteiger partial charge on any atom is 0.0917 e. The molecule has 0 aromatic heterocycles. The van der Waals surface area contributed by atoms with E-state index in [-0.39, 0.29) is 16.2 Å². The summed E-state index contributed by atoms with van der Waals surface area (Å²) in [4.78, 5) is 0. The molecule has 0 fully saturated rings. The van der Waals surface area contributed by atoms with Gasteiger partial charge < -0.3 is 11.0 Å². The largest absolute Gasteiger partial charge is 0.412 e. The highest BCUT2D eigenvalue weighted by atomic mass is 35.5. The van der Waals surface area contributed by atoms with E-state index in [1.165, 1.54) is 0 Å². The number of alkyl halides is 1. The third-order valence-electron chi connectivity index (χ3n) is 0.564. The molecule has 0 rings (SSSR count). The van der Waals surface area contributed by atoms with Gasteiger partial charge in [-0.2, -0.15) is 0 Å². The zero-order valence-electron chi connectivity index (χ0n) is 4.95. The van der Waals surface area contributed by atoms with Gasteiger partial charge in [0.15, 0.2) is 0 Å². The summed E-state index contributed by atoms with van der Waals surface area (Å²) >= 11 is 5.36. The van der Waals surface area contributed by atoms with E-state index in [9.17, 15) is 0 Å². The van der Waals surface area contributed by atoms with Crippen molar-refractivity contribution in [3.05, 3.63) is 0 Å². The number of halogens is 1. The molecule has 0 saturated carbocycles. The van der Waals surface area contributed by atoms with Crippen LogP contribution in [0.25, 0.3) is 0 Å². The van der Waals surface area contributed by atoms with E-state index in [4.69, 9.17) is 19.4 Å². The summed E-state index contributed by atoms with van der Waals surface area (Å²) in [5, 5.41) is -0.130. The van der Waals surface area contributed by atoms with Crippen molar-refractivity contribution >= 4 is 19.4 Å². The molecule has 0 aliphatic carbocycles. The maximum absolute atomic E-state index is 5.36.